The van der Waals surface area contributed by atoms with Gasteiger partial charge in [-0.15, -0.1) is 30.6 Å². The van der Waals surface area contributed by atoms with Crippen LogP contribution in [0.3, 0.4) is 0 Å². The fraction of sp³-hybridized carbons (Fsp3) is 0.565. The number of methoxy groups -OCH3 is 2. The van der Waals surface area contributed by atoms with E-state index in [1.807, 2.05) is 12.1 Å². The second-order valence-electron chi connectivity index (χ2n) is 7.46. The Morgan fingerprint density at radius 2 is 2.00 bits per heavy atom. The number of likely N-dealkylation sites (tertiary alicyclic amines) is 1. The summed E-state index contributed by atoms with van der Waals surface area (Å²) in [7, 11) is 5.00. The summed E-state index contributed by atoms with van der Waals surface area (Å²) >= 11 is 0. The fourth-order valence-corrected chi connectivity index (χ4v) is 3.81. The highest BCUT2D eigenvalue weighted by Gasteiger charge is 2.23. The lowest BCUT2D eigenvalue weighted by Crippen LogP contribution is -2.46. The third-order valence-corrected chi connectivity index (χ3v) is 5.39. The number of guanidine groups is 1. The van der Waals surface area contributed by atoms with Crippen molar-refractivity contribution in [3.63, 3.8) is 0 Å². The van der Waals surface area contributed by atoms with Crippen molar-refractivity contribution in [2.45, 2.75) is 39.2 Å². The third kappa shape index (κ3) is 7.90. The van der Waals surface area contributed by atoms with Gasteiger partial charge in [-0.25, -0.2) is 4.99 Å². The van der Waals surface area contributed by atoms with Crippen molar-refractivity contribution in [2.24, 2.45) is 10.9 Å². The van der Waals surface area contributed by atoms with Gasteiger partial charge < -0.3 is 25.0 Å². The molecule has 0 spiro atoms. The second kappa shape index (κ2) is 14.2. The maximum absolute atomic E-state index is 11.6. The molecule has 1 fully saturated rings. The quantitative estimate of drug-likeness (QED) is 0.216. The fourth-order valence-electron chi connectivity index (χ4n) is 3.81. The number of halogens is 1. The lowest BCUT2D eigenvalue weighted by atomic mass is 9.93. The number of ether oxygens (including phenoxy) is 2. The predicted octanol–water partition coefficient (Wildman–Crippen LogP) is 3.36. The summed E-state index contributed by atoms with van der Waals surface area (Å²) in [5, 5.41) is 6.13. The number of aliphatic imine (C=N–C) groups is 1. The Morgan fingerprint density at radius 1 is 1.29 bits per heavy atom. The molecule has 1 aromatic carbocycles. The number of carbonyl (C=O) groups is 1. The summed E-state index contributed by atoms with van der Waals surface area (Å²) in [5.74, 6) is 2.93. The molecular formula is C23H37IN4O3. The van der Waals surface area contributed by atoms with Gasteiger partial charge in [0, 0.05) is 38.7 Å². The van der Waals surface area contributed by atoms with Crippen LogP contribution in [0.5, 0.6) is 11.5 Å². The molecule has 0 aliphatic carbocycles. The van der Waals surface area contributed by atoms with Crippen LogP contribution in [0.4, 0.5) is 0 Å². The molecule has 174 valence electrons. The van der Waals surface area contributed by atoms with Crippen molar-refractivity contribution in [3.8, 4) is 11.5 Å². The topological polar surface area (TPSA) is 75.2 Å². The van der Waals surface area contributed by atoms with Crippen LogP contribution >= 0.6 is 24.0 Å². The highest BCUT2D eigenvalue weighted by Crippen LogP contribution is 2.33. The maximum atomic E-state index is 11.6. The Balaban J connectivity index is 0.00000480. The lowest BCUT2D eigenvalue weighted by molar-refractivity contribution is -0.121. The maximum Gasteiger partial charge on any atom is 0.220 e. The van der Waals surface area contributed by atoms with E-state index in [-0.39, 0.29) is 29.9 Å². The molecule has 1 amide bonds. The molecule has 31 heavy (non-hydrogen) atoms. The first-order chi connectivity index (χ1) is 14.6. The van der Waals surface area contributed by atoms with Crippen LogP contribution in [0, 0.1) is 5.92 Å². The van der Waals surface area contributed by atoms with Gasteiger partial charge in [-0.2, -0.15) is 0 Å². The minimum Gasteiger partial charge on any atom is -0.493 e. The molecule has 1 aliphatic heterocycles. The monoisotopic (exact) mass is 544 g/mol. The van der Waals surface area contributed by atoms with Gasteiger partial charge in [-0.05, 0) is 49.8 Å². The van der Waals surface area contributed by atoms with Crippen molar-refractivity contribution in [3.05, 3.63) is 35.9 Å². The van der Waals surface area contributed by atoms with Crippen molar-refractivity contribution < 1.29 is 14.3 Å². The van der Waals surface area contributed by atoms with Crippen molar-refractivity contribution >= 4 is 35.8 Å². The number of allylic oxidation sites excluding steroid dienone is 1. The minimum absolute atomic E-state index is 0. The first kappa shape index (κ1) is 27.1. The molecule has 0 aromatic heterocycles. The average Bonchev–Trinajstić information content (AvgIpc) is 2.77. The summed E-state index contributed by atoms with van der Waals surface area (Å²) in [5.41, 5.74) is 2.10. The van der Waals surface area contributed by atoms with Gasteiger partial charge in [0.05, 0.1) is 20.8 Å². The molecule has 1 aromatic rings. The van der Waals surface area contributed by atoms with Crippen molar-refractivity contribution in [1.29, 1.82) is 0 Å². The Kier molecular flexibility index (Phi) is 12.4. The van der Waals surface area contributed by atoms with E-state index in [0.717, 1.165) is 55.3 Å². The molecule has 0 unspecified atom stereocenters. The SMILES string of the molecule is C=CCc1cc(CN=C(NCC)N2CCC(CC(=O)NC)CC2)cc(OC)c1OC.I. The largest absolute Gasteiger partial charge is 0.493 e. The van der Waals surface area contributed by atoms with Crippen LogP contribution < -0.4 is 20.1 Å². The van der Waals surface area contributed by atoms with E-state index >= 15 is 0 Å². The molecule has 0 bridgehead atoms. The third-order valence-electron chi connectivity index (χ3n) is 5.39. The molecule has 7 nitrogen and oxygen atoms in total. The Morgan fingerprint density at radius 3 is 2.55 bits per heavy atom. The summed E-state index contributed by atoms with van der Waals surface area (Å²) in [6, 6.07) is 4.08. The minimum atomic E-state index is 0. The average molecular weight is 544 g/mol. The smallest absolute Gasteiger partial charge is 0.220 e. The molecule has 2 N–H and O–H groups in total. The van der Waals surface area contributed by atoms with Gasteiger partial charge in [0.15, 0.2) is 17.5 Å². The van der Waals surface area contributed by atoms with E-state index in [0.29, 0.717) is 31.1 Å². The Bertz CT molecular complexity index is 747. The predicted molar refractivity (Wildman–Crippen MR) is 137 cm³/mol. The van der Waals surface area contributed by atoms with Gasteiger partial charge >= 0.3 is 0 Å². The Labute approximate surface area is 203 Å². The number of piperidine rings is 1. The van der Waals surface area contributed by atoms with Gasteiger partial charge in [0.25, 0.3) is 0 Å². The molecule has 1 saturated heterocycles. The summed E-state index contributed by atoms with van der Waals surface area (Å²) in [4.78, 5) is 18.8. The van der Waals surface area contributed by atoms with Crippen molar-refractivity contribution in [2.75, 3.05) is 40.9 Å². The van der Waals surface area contributed by atoms with E-state index in [9.17, 15) is 4.79 Å². The zero-order valence-electron chi connectivity index (χ0n) is 19.2. The summed E-state index contributed by atoms with van der Waals surface area (Å²) < 4.78 is 11.0. The Hall–Kier alpha value is -1.97. The molecule has 1 aliphatic rings. The van der Waals surface area contributed by atoms with Crippen molar-refractivity contribution in [1.82, 2.24) is 15.5 Å². The molecule has 0 atom stereocenters. The molecule has 0 saturated carbocycles. The zero-order chi connectivity index (χ0) is 21.9. The number of carbonyl (C=O) groups excluding carboxylic acids is 1. The van der Waals surface area contributed by atoms with Crippen LogP contribution in [0.1, 0.15) is 37.3 Å². The molecule has 0 radical (unpaired) electrons. The van der Waals surface area contributed by atoms with E-state index < -0.39 is 0 Å². The summed E-state index contributed by atoms with van der Waals surface area (Å²) in [6.07, 6.45) is 5.17. The van der Waals surface area contributed by atoms with E-state index in [1.54, 1.807) is 21.3 Å². The summed E-state index contributed by atoms with van der Waals surface area (Å²) in [6.45, 7) is 9.08. The van der Waals surface area contributed by atoms with Gasteiger partial charge in [0.1, 0.15) is 0 Å². The van der Waals surface area contributed by atoms with Crippen LogP contribution in [0.25, 0.3) is 0 Å². The van der Waals surface area contributed by atoms with Crippen LogP contribution in [0.15, 0.2) is 29.8 Å². The lowest BCUT2D eigenvalue weighted by Gasteiger charge is -2.34. The molecular weight excluding hydrogens is 507 g/mol. The second-order valence-corrected chi connectivity index (χ2v) is 7.46. The number of rotatable bonds is 9. The molecule has 8 heteroatoms. The van der Waals surface area contributed by atoms with Crippen LogP contribution in [-0.2, 0) is 17.8 Å². The zero-order valence-corrected chi connectivity index (χ0v) is 21.5. The van der Waals surface area contributed by atoms with Crippen LogP contribution in [0.2, 0.25) is 0 Å². The van der Waals surface area contributed by atoms with Gasteiger partial charge in [-0.1, -0.05) is 6.08 Å². The van der Waals surface area contributed by atoms with E-state index in [4.69, 9.17) is 14.5 Å². The molecule has 2 rings (SSSR count). The highest BCUT2D eigenvalue weighted by atomic mass is 127. The number of nitrogens with zero attached hydrogens (tertiary/aromatic N) is 2. The number of hydrogen-bond acceptors (Lipinski definition) is 4. The van der Waals surface area contributed by atoms with E-state index in [1.165, 1.54) is 0 Å². The first-order valence-electron chi connectivity index (χ1n) is 10.6. The normalized spacial score (nSPS) is 14.5. The standard InChI is InChI=1S/C23H36N4O3.HI/c1-6-8-19-13-18(14-20(29-4)22(19)30-5)16-26-23(25-7-2)27-11-9-17(10-12-27)15-21(28)24-3;/h6,13-14,17H,1,7-12,15-16H2,2-5H3,(H,24,28)(H,25,26);1H. The molecule has 1 heterocycles. The highest BCUT2D eigenvalue weighted by molar-refractivity contribution is 14.0. The number of amides is 1. The van der Waals surface area contributed by atoms with Gasteiger partial charge in [0.2, 0.25) is 5.91 Å². The number of benzene rings is 1. The van der Waals surface area contributed by atoms with Crippen LogP contribution in [-0.4, -0.2) is 57.7 Å². The van der Waals surface area contributed by atoms with Gasteiger partial charge in [-0.3, -0.25) is 4.79 Å². The number of hydrogen-bond donors (Lipinski definition) is 2. The first-order valence-corrected chi connectivity index (χ1v) is 10.6. The van der Waals surface area contributed by atoms with E-state index in [2.05, 4.69) is 35.1 Å². The number of nitrogens with one attached hydrogen (secondary N) is 2.